The van der Waals surface area contributed by atoms with Crippen LogP contribution in [0.25, 0.3) is 0 Å². The summed E-state index contributed by atoms with van der Waals surface area (Å²) in [4.78, 5) is 14.9. The number of hydrogen-bond donors (Lipinski definition) is 0. The molecular formula is C18H24N4OS. The Morgan fingerprint density at radius 2 is 2.17 bits per heavy atom. The molecule has 2 fully saturated rings. The molecule has 2 aliphatic rings. The highest BCUT2D eigenvalue weighted by Gasteiger charge is 2.26. The van der Waals surface area contributed by atoms with Gasteiger partial charge in [-0.25, -0.2) is 4.98 Å². The molecule has 0 bridgehead atoms. The third-order valence-electron chi connectivity index (χ3n) is 4.84. The fourth-order valence-corrected chi connectivity index (χ4v) is 4.14. The highest BCUT2D eigenvalue weighted by Crippen LogP contribution is 2.30. The van der Waals surface area contributed by atoms with E-state index in [1.807, 2.05) is 24.0 Å². The molecule has 4 heterocycles. The van der Waals surface area contributed by atoms with Crippen molar-refractivity contribution < 1.29 is 4.74 Å². The highest BCUT2D eigenvalue weighted by molar-refractivity contribution is 7.09. The van der Waals surface area contributed by atoms with Gasteiger partial charge in [-0.2, -0.15) is 0 Å². The van der Waals surface area contributed by atoms with Crippen LogP contribution < -0.4 is 9.64 Å². The van der Waals surface area contributed by atoms with Crippen molar-refractivity contribution in [3.05, 3.63) is 34.9 Å². The molecular weight excluding hydrogens is 320 g/mol. The summed E-state index contributed by atoms with van der Waals surface area (Å²) >= 11 is 1.74. The van der Waals surface area contributed by atoms with Crippen LogP contribution in [0.3, 0.4) is 0 Å². The molecule has 4 rings (SSSR count). The van der Waals surface area contributed by atoms with Gasteiger partial charge in [-0.15, -0.1) is 11.3 Å². The fraction of sp³-hybridized carbons (Fsp3) is 0.556. The van der Waals surface area contributed by atoms with Gasteiger partial charge in [0.1, 0.15) is 6.10 Å². The van der Waals surface area contributed by atoms with Crippen LogP contribution >= 0.6 is 11.3 Å². The summed E-state index contributed by atoms with van der Waals surface area (Å²) in [5.41, 5.74) is 1.91. The monoisotopic (exact) mass is 344 g/mol. The van der Waals surface area contributed by atoms with Crippen LogP contribution in [0.1, 0.15) is 24.1 Å². The second kappa shape index (κ2) is 7.49. The van der Waals surface area contributed by atoms with E-state index in [1.54, 1.807) is 11.3 Å². The number of ether oxygens (including phenoxy) is 1. The molecule has 24 heavy (non-hydrogen) atoms. The second-order valence-corrected chi connectivity index (χ2v) is 7.54. The number of anilines is 1. The Hall–Kier alpha value is -1.66. The number of rotatable bonds is 6. The van der Waals surface area contributed by atoms with Crippen LogP contribution in [0.2, 0.25) is 0 Å². The molecule has 1 atom stereocenters. The largest absolute Gasteiger partial charge is 0.485 e. The van der Waals surface area contributed by atoms with Crippen molar-refractivity contribution in [1.29, 1.82) is 0 Å². The summed E-state index contributed by atoms with van der Waals surface area (Å²) in [6.45, 7) is 5.40. The van der Waals surface area contributed by atoms with Gasteiger partial charge in [0.05, 0.1) is 5.51 Å². The molecule has 1 unspecified atom stereocenters. The first-order chi connectivity index (χ1) is 11.9. The molecule has 0 amide bonds. The summed E-state index contributed by atoms with van der Waals surface area (Å²) in [6, 6.07) is 4.05. The van der Waals surface area contributed by atoms with E-state index in [2.05, 4.69) is 25.8 Å². The van der Waals surface area contributed by atoms with E-state index in [4.69, 9.17) is 4.74 Å². The zero-order chi connectivity index (χ0) is 16.2. The summed E-state index contributed by atoms with van der Waals surface area (Å²) in [6.07, 6.45) is 8.82. The Morgan fingerprint density at radius 3 is 3.00 bits per heavy atom. The van der Waals surface area contributed by atoms with Crippen molar-refractivity contribution in [3.63, 3.8) is 0 Å². The Labute approximate surface area is 147 Å². The van der Waals surface area contributed by atoms with Gasteiger partial charge in [0.25, 0.3) is 0 Å². The molecule has 5 nitrogen and oxygen atoms in total. The Bertz CT molecular complexity index is 642. The zero-order valence-corrected chi connectivity index (χ0v) is 14.7. The Balaban J connectivity index is 1.33. The predicted octanol–water partition coefficient (Wildman–Crippen LogP) is 2.83. The van der Waals surface area contributed by atoms with Gasteiger partial charge in [0, 0.05) is 50.0 Å². The number of nitrogens with zero attached hydrogens (tertiary/aromatic N) is 4. The van der Waals surface area contributed by atoms with Crippen molar-refractivity contribution in [2.75, 3.05) is 37.6 Å². The minimum atomic E-state index is 0.275. The third-order valence-corrected chi connectivity index (χ3v) is 5.68. The van der Waals surface area contributed by atoms with Crippen molar-refractivity contribution in [3.8, 4) is 5.75 Å². The van der Waals surface area contributed by atoms with E-state index >= 15 is 0 Å². The van der Waals surface area contributed by atoms with Crippen LogP contribution in [0, 0.1) is 0 Å². The van der Waals surface area contributed by atoms with Crippen molar-refractivity contribution in [1.82, 2.24) is 14.9 Å². The number of likely N-dealkylation sites (tertiary alicyclic amines) is 1. The van der Waals surface area contributed by atoms with Crippen LogP contribution in [0.15, 0.2) is 30.0 Å². The summed E-state index contributed by atoms with van der Waals surface area (Å²) in [5.74, 6) is 1.98. The topological polar surface area (TPSA) is 41.5 Å². The van der Waals surface area contributed by atoms with Gasteiger partial charge in [0.2, 0.25) is 0 Å². The van der Waals surface area contributed by atoms with Gasteiger partial charge in [0.15, 0.2) is 11.6 Å². The van der Waals surface area contributed by atoms with Crippen LogP contribution in [-0.4, -0.2) is 53.7 Å². The summed E-state index contributed by atoms with van der Waals surface area (Å²) in [5, 5.41) is 0. The van der Waals surface area contributed by atoms with E-state index in [-0.39, 0.29) is 6.10 Å². The van der Waals surface area contributed by atoms with E-state index in [0.29, 0.717) is 0 Å². The lowest BCUT2D eigenvalue weighted by Crippen LogP contribution is -2.27. The quantitative estimate of drug-likeness (QED) is 0.806. The maximum atomic E-state index is 6.33. The SMILES string of the molecule is c1cnc(N2CCCC2)c(OC2CCN(CCc3cncs3)C2)c1. The summed E-state index contributed by atoms with van der Waals surface area (Å²) in [7, 11) is 0. The van der Waals surface area contributed by atoms with Gasteiger partial charge in [-0.1, -0.05) is 0 Å². The number of hydrogen-bond acceptors (Lipinski definition) is 6. The smallest absolute Gasteiger partial charge is 0.171 e. The molecule has 2 aromatic heterocycles. The third kappa shape index (κ3) is 3.70. The molecule has 2 aromatic rings. The van der Waals surface area contributed by atoms with Crippen molar-refractivity contribution >= 4 is 17.2 Å². The highest BCUT2D eigenvalue weighted by atomic mass is 32.1. The average molecular weight is 344 g/mol. The first-order valence-electron chi connectivity index (χ1n) is 8.85. The normalized spacial score (nSPS) is 21.5. The molecule has 0 saturated carbocycles. The molecule has 0 spiro atoms. The molecule has 2 saturated heterocycles. The zero-order valence-electron chi connectivity index (χ0n) is 13.9. The molecule has 128 valence electrons. The molecule has 0 aromatic carbocycles. The van der Waals surface area contributed by atoms with E-state index in [9.17, 15) is 0 Å². The number of thiazole rings is 1. The minimum absolute atomic E-state index is 0.275. The second-order valence-electron chi connectivity index (χ2n) is 6.57. The fourth-order valence-electron chi connectivity index (χ4n) is 3.55. The van der Waals surface area contributed by atoms with Crippen LogP contribution in [0.5, 0.6) is 5.75 Å². The van der Waals surface area contributed by atoms with E-state index in [1.165, 1.54) is 17.7 Å². The lowest BCUT2D eigenvalue weighted by Gasteiger charge is -2.22. The van der Waals surface area contributed by atoms with E-state index < -0.39 is 0 Å². The molecule has 0 radical (unpaired) electrons. The van der Waals surface area contributed by atoms with Gasteiger partial charge in [-0.3, -0.25) is 9.88 Å². The van der Waals surface area contributed by atoms with Gasteiger partial charge < -0.3 is 9.64 Å². The predicted molar refractivity (Wildman–Crippen MR) is 97.0 cm³/mol. The average Bonchev–Trinajstić information content (AvgIpc) is 3.36. The molecule has 0 aliphatic carbocycles. The maximum absolute atomic E-state index is 6.33. The lowest BCUT2D eigenvalue weighted by molar-refractivity contribution is 0.201. The van der Waals surface area contributed by atoms with Crippen molar-refractivity contribution in [2.24, 2.45) is 0 Å². The molecule has 0 N–H and O–H groups in total. The first kappa shape index (κ1) is 15.8. The number of aromatic nitrogens is 2. The van der Waals surface area contributed by atoms with Crippen molar-refractivity contribution in [2.45, 2.75) is 31.8 Å². The maximum Gasteiger partial charge on any atom is 0.171 e. The van der Waals surface area contributed by atoms with Gasteiger partial charge >= 0.3 is 0 Å². The minimum Gasteiger partial charge on any atom is -0.485 e. The number of pyridine rings is 1. The van der Waals surface area contributed by atoms with Crippen LogP contribution in [-0.2, 0) is 6.42 Å². The standard InChI is InChI=1S/C18H24N4OS/c1-2-9-22(8-1)18-17(4-3-7-20-18)23-15-5-10-21(13-15)11-6-16-12-19-14-24-16/h3-4,7,12,14-15H,1-2,5-6,8-11,13H2. The van der Waals surface area contributed by atoms with Crippen LogP contribution in [0.4, 0.5) is 5.82 Å². The summed E-state index contributed by atoms with van der Waals surface area (Å²) < 4.78 is 6.33. The molecule has 6 heteroatoms. The Morgan fingerprint density at radius 1 is 1.25 bits per heavy atom. The van der Waals surface area contributed by atoms with Gasteiger partial charge in [-0.05, 0) is 37.8 Å². The van der Waals surface area contributed by atoms with E-state index in [0.717, 1.165) is 57.1 Å². The lowest BCUT2D eigenvalue weighted by atomic mass is 10.3. The first-order valence-corrected chi connectivity index (χ1v) is 9.73. The Kier molecular flexibility index (Phi) is 4.94. The molecule has 2 aliphatic heterocycles.